The third-order valence-corrected chi connectivity index (χ3v) is 8.04. The lowest BCUT2D eigenvalue weighted by atomic mass is 9.80. The SMILES string of the molecule is O=C([C@@H]1CNCC1c1ccccc1-c1cn[nH]c1)N1CC[C@@H](c2ccccc2)C[C@@H]1c1ccccc1. The molecule has 36 heavy (non-hydrogen) atoms. The van der Waals surface area contributed by atoms with Crippen molar-refractivity contribution in [2.75, 3.05) is 19.6 Å². The van der Waals surface area contributed by atoms with Gasteiger partial charge in [0.1, 0.15) is 0 Å². The number of benzene rings is 3. The Morgan fingerprint density at radius 2 is 1.58 bits per heavy atom. The first-order chi connectivity index (χ1) is 17.8. The largest absolute Gasteiger partial charge is 0.335 e. The van der Waals surface area contributed by atoms with Crippen molar-refractivity contribution in [2.24, 2.45) is 5.92 Å². The first kappa shape index (κ1) is 22.7. The summed E-state index contributed by atoms with van der Waals surface area (Å²) in [5, 5.41) is 10.6. The fourth-order valence-electron chi connectivity index (χ4n) is 6.21. The van der Waals surface area contributed by atoms with Gasteiger partial charge >= 0.3 is 0 Å². The molecule has 5 nitrogen and oxygen atoms in total. The summed E-state index contributed by atoms with van der Waals surface area (Å²) >= 11 is 0. The van der Waals surface area contributed by atoms with Gasteiger partial charge in [0.15, 0.2) is 0 Å². The van der Waals surface area contributed by atoms with Crippen LogP contribution in [-0.4, -0.2) is 40.6 Å². The molecule has 2 aliphatic heterocycles. The summed E-state index contributed by atoms with van der Waals surface area (Å²) in [6.07, 6.45) is 5.74. The van der Waals surface area contributed by atoms with Gasteiger partial charge in [-0.1, -0.05) is 84.9 Å². The van der Waals surface area contributed by atoms with Gasteiger partial charge in [-0.05, 0) is 41.0 Å². The van der Waals surface area contributed by atoms with Crippen molar-refractivity contribution >= 4 is 5.91 Å². The molecule has 182 valence electrons. The third-order valence-electron chi connectivity index (χ3n) is 8.04. The lowest BCUT2D eigenvalue weighted by Gasteiger charge is -2.42. The number of carbonyl (C=O) groups is 1. The van der Waals surface area contributed by atoms with Crippen LogP contribution in [0.25, 0.3) is 11.1 Å². The van der Waals surface area contributed by atoms with E-state index in [2.05, 4.69) is 105 Å². The average molecular weight is 477 g/mol. The second-order valence-electron chi connectivity index (χ2n) is 10.0. The van der Waals surface area contributed by atoms with E-state index in [1.165, 1.54) is 16.7 Å². The Hall–Kier alpha value is -3.70. The first-order valence-corrected chi connectivity index (χ1v) is 13.0. The smallest absolute Gasteiger partial charge is 0.228 e. The molecule has 3 aromatic carbocycles. The third kappa shape index (κ3) is 4.35. The molecule has 2 aliphatic rings. The second kappa shape index (κ2) is 10.1. The van der Waals surface area contributed by atoms with Gasteiger partial charge in [-0.15, -0.1) is 0 Å². The van der Waals surface area contributed by atoms with Gasteiger partial charge in [0.25, 0.3) is 0 Å². The fraction of sp³-hybridized carbons (Fsp3) is 0.290. The minimum Gasteiger partial charge on any atom is -0.335 e. The van der Waals surface area contributed by atoms with Gasteiger partial charge in [0, 0.05) is 37.3 Å². The fourth-order valence-corrected chi connectivity index (χ4v) is 6.21. The molecule has 1 amide bonds. The van der Waals surface area contributed by atoms with E-state index in [-0.39, 0.29) is 23.8 Å². The topological polar surface area (TPSA) is 61.0 Å². The Bertz CT molecular complexity index is 1290. The van der Waals surface area contributed by atoms with Crippen LogP contribution in [0.2, 0.25) is 0 Å². The summed E-state index contributed by atoms with van der Waals surface area (Å²) in [6.45, 7) is 2.30. The van der Waals surface area contributed by atoms with Crippen molar-refractivity contribution in [2.45, 2.75) is 30.7 Å². The van der Waals surface area contributed by atoms with Crippen molar-refractivity contribution in [1.82, 2.24) is 20.4 Å². The van der Waals surface area contributed by atoms with E-state index in [0.717, 1.165) is 37.1 Å². The lowest BCUT2D eigenvalue weighted by molar-refractivity contribution is -0.139. The van der Waals surface area contributed by atoms with E-state index in [9.17, 15) is 4.79 Å². The normalized spacial score (nSPS) is 24.1. The van der Waals surface area contributed by atoms with E-state index < -0.39 is 0 Å². The predicted molar refractivity (Wildman–Crippen MR) is 142 cm³/mol. The van der Waals surface area contributed by atoms with Crippen molar-refractivity contribution in [3.63, 3.8) is 0 Å². The van der Waals surface area contributed by atoms with E-state index in [0.29, 0.717) is 12.5 Å². The molecule has 1 aromatic heterocycles. The minimum absolute atomic E-state index is 0.0856. The molecule has 0 saturated carbocycles. The minimum atomic E-state index is -0.0856. The van der Waals surface area contributed by atoms with E-state index in [4.69, 9.17) is 0 Å². The summed E-state index contributed by atoms with van der Waals surface area (Å²) in [7, 11) is 0. The Morgan fingerprint density at radius 3 is 2.33 bits per heavy atom. The lowest BCUT2D eigenvalue weighted by Crippen LogP contribution is -2.45. The molecule has 3 heterocycles. The summed E-state index contributed by atoms with van der Waals surface area (Å²) in [5.74, 6) is 0.775. The second-order valence-corrected chi connectivity index (χ2v) is 10.0. The van der Waals surface area contributed by atoms with Crippen LogP contribution in [0, 0.1) is 5.92 Å². The molecule has 1 unspecified atom stereocenters. The highest BCUT2D eigenvalue weighted by Gasteiger charge is 2.41. The van der Waals surface area contributed by atoms with Gasteiger partial charge in [-0.2, -0.15) is 5.10 Å². The van der Waals surface area contributed by atoms with Crippen molar-refractivity contribution in [3.8, 4) is 11.1 Å². The molecule has 0 aliphatic carbocycles. The van der Waals surface area contributed by atoms with E-state index in [1.54, 1.807) is 0 Å². The number of piperidine rings is 1. The molecule has 0 radical (unpaired) electrons. The van der Waals surface area contributed by atoms with Gasteiger partial charge in [0.05, 0.1) is 18.2 Å². The number of aromatic nitrogens is 2. The molecule has 6 rings (SSSR count). The maximum absolute atomic E-state index is 14.3. The molecule has 4 aromatic rings. The van der Waals surface area contributed by atoms with Crippen molar-refractivity contribution in [3.05, 3.63) is 114 Å². The maximum Gasteiger partial charge on any atom is 0.228 e. The van der Waals surface area contributed by atoms with Crippen LogP contribution < -0.4 is 5.32 Å². The Morgan fingerprint density at radius 1 is 0.861 bits per heavy atom. The van der Waals surface area contributed by atoms with Gasteiger partial charge in [-0.3, -0.25) is 9.89 Å². The number of likely N-dealkylation sites (tertiary alicyclic amines) is 1. The van der Waals surface area contributed by atoms with Crippen LogP contribution in [0.3, 0.4) is 0 Å². The molecular weight excluding hydrogens is 444 g/mol. The molecule has 0 bridgehead atoms. The molecule has 2 saturated heterocycles. The van der Waals surface area contributed by atoms with Gasteiger partial charge in [-0.25, -0.2) is 0 Å². The number of amides is 1. The first-order valence-electron chi connectivity index (χ1n) is 13.0. The van der Waals surface area contributed by atoms with Crippen LogP contribution in [0.4, 0.5) is 0 Å². The number of rotatable bonds is 5. The number of hydrogen-bond acceptors (Lipinski definition) is 3. The maximum atomic E-state index is 14.3. The van der Waals surface area contributed by atoms with Crippen LogP contribution >= 0.6 is 0 Å². The highest BCUT2D eigenvalue weighted by molar-refractivity contribution is 5.82. The Kier molecular flexibility index (Phi) is 6.39. The standard InChI is InChI=1S/C31H32N4O/c36-31(29-21-32-20-28(29)27-14-8-7-13-26(27)25-18-33-34-19-25)35-16-15-24(22-9-3-1-4-10-22)17-30(35)23-11-5-2-6-12-23/h1-14,18-19,24,28-30,32H,15-17,20-21H2,(H,33,34)/t24-,28?,29-,30-/m1/s1. The zero-order valence-corrected chi connectivity index (χ0v) is 20.4. The molecule has 4 atom stereocenters. The van der Waals surface area contributed by atoms with E-state index >= 15 is 0 Å². The van der Waals surface area contributed by atoms with Crippen LogP contribution in [0.1, 0.15) is 47.4 Å². The number of nitrogens with zero attached hydrogens (tertiary/aromatic N) is 2. The summed E-state index contributed by atoms with van der Waals surface area (Å²) < 4.78 is 0. The van der Waals surface area contributed by atoms with Crippen LogP contribution in [-0.2, 0) is 4.79 Å². The van der Waals surface area contributed by atoms with Crippen molar-refractivity contribution < 1.29 is 4.79 Å². The van der Waals surface area contributed by atoms with Crippen LogP contribution in [0.5, 0.6) is 0 Å². The van der Waals surface area contributed by atoms with Gasteiger partial charge in [0.2, 0.25) is 5.91 Å². The molecule has 0 spiro atoms. The highest BCUT2D eigenvalue weighted by atomic mass is 16.2. The number of H-pyrrole nitrogens is 1. The molecule has 5 heteroatoms. The monoisotopic (exact) mass is 476 g/mol. The summed E-state index contributed by atoms with van der Waals surface area (Å²) in [5.41, 5.74) is 6.04. The Labute approximate surface area is 212 Å². The Balaban J connectivity index is 1.30. The molecule has 2 N–H and O–H groups in total. The quantitative estimate of drug-likeness (QED) is 0.398. The highest BCUT2D eigenvalue weighted by Crippen LogP contribution is 2.42. The summed E-state index contributed by atoms with van der Waals surface area (Å²) in [6, 6.07) is 29.9. The van der Waals surface area contributed by atoms with E-state index in [1.807, 2.05) is 12.4 Å². The number of aromatic amines is 1. The predicted octanol–water partition coefficient (Wildman–Crippen LogP) is 5.53. The zero-order chi connectivity index (χ0) is 24.3. The number of nitrogens with one attached hydrogen (secondary N) is 2. The molecular formula is C31H32N4O. The average Bonchev–Trinajstić information content (AvgIpc) is 3.66. The molecule has 2 fully saturated rings. The summed E-state index contributed by atoms with van der Waals surface area (Å²) in [4.78, 5) is 16.5. The van der Waals surface area contributed by atoms with Crippen molar-refractivity contribution in [1.29, 1.82) is 0 Å². The number of hydrogen-bond donors (Lipinski definition) is 2. The zero-order valence-electron chi connectivity index (χ0n) is 20.4. The van der Waals surface area contributed by atoms with Gasteiger partial charge < -0.3 is 10.2 Å². The van der Waals surface area contributed by atoms with Crippen LogP contribution in [0.15, 0.2) is 97.3 Å². The number of carbonyl (C=O) groups excluding carboxylic acids is 1.